The number of rotatable bonds is 4. The molecule has 3 aromatic rings. The number of nitrogens with zero attached hydrogens (tertiary/aromatic N) is 1. The molecule has 0 unspecified atom stereocenters. The molecule has 0 saturated heterocycles. The molecular weight excluding hydrogens is 268 g/mol. The van der Waals surface area contributed by atoms with Gasteiger partial charge in [0, 0.05) is 16.6 Å². The molecule has 106 valence electrons. The van der Waals surface area contributed by atoms with Crippen molar-refractivity contribution in [3.8, 4) is 22.8 Å². The number of fused-ring (bicyclic) bond motifs is 1. The summed E-state index contributed by atoms with van der Waals surface area (Å²) in [6, 6.07) is 9.33. The predicted molar refractivity (Wildman–Crippen MR) is 80.0 cm³/mol. The minimum absolute atomic E-state index is 0.525. The van der Waals surface area contributed by atoms with Crippen LogP contribution < -0.4 is 9.47 Å². The summed E-state index contributed by atoms with van der Waals surface area (Å²) in [6.07, 6.45) is 2.44. The summed E-state index contributed by atoms with van der Waals surface area (Å²) >= 11 is 0. The van der Waals surface area contributed by atoms with E-state index in [1.165, 1.54) is 0 Å². The van der Waals surface area contributed by atoms with Crippen molar-refractivity contribution in [2.24, 2.45) is 0 Å². The molecule has 0 amide bonds. The molecule has 0 bridgehead atoms. The summed E-state index contributed by atoms with van der Waals surface area (Å²) in [7, 11) is 3.16. The van der Waals surface area contributed by atoms with Gasteiger partial charge in [-0.3, -0.25) is 4.79 Å². The number of methoxy groups -OCH3 is 2. The maximum absolute atomic E-state index is 10.9. The summed E-state index contributed by atoms with van der Waals surface area (Å²) in [5.74, 6) is 1.26. The van der Waals surface area contributed by atoms with Crippen molar-refractivity contribution < 1.29 is 14.3 Å². The molecule has 2 heterocycles. The van der Waals surface area contributed by atoms with Gasteiger partial charge in [0.25, 0.3) is 0 Å². The number of hydrogen-bond acceptors (Lipinski definition) is 4. The first-order chi connectivity index (χ1) is 10.2. The first-order valence-corrected chi connectivity index (χ1v) is 6.41. The van der Waals surface area contributed by atoms with Crippen LogP contribution in [0, 0.1) is 0 Å². The number of aromatic amines is 1. The highest BCUT2D eigenvalue weighted by Gasteiger charge is 2.09. The van der Waals surface area contributed by atoms with E-state index in [1.807, 2.05) is 24.3 Å². The normalized spacial score (nSPS) is 10.6. The Labute approximate surface area is 121 Å². The number of hydrogen-bond donors (Lipinski definition) is 1. The van der Waals surface area contributed by atoms with E-state index in [1.54, 1.807) is 26.5 Å². The predicted octanol–water partition coefficient (Wildman–Crippen LogP) is 3.06. The lowest BCUT2D eigenvalue weighted by atomic mass is 10.1. The maximum Gasteiger partial charge on any atom is 0.153 e. The molecule has 5 heteroatoms. The summed E-state index contributed by atoms with van der Waals surface area (Å²) in [6.45, 7) is 0. The van der Waals surface area contributed by atoms with Crippen LogP contribution in [0.3, 0.4) is 0 Å². The molecular formula is C16H14N2O3. The molecule has 0 aliphatic rings. The van der Waals surface area contributed by atoms with E-state index >= 15 is 0 Å². The molecule has 0 radical (unpaired) electrons. The van der Waals surface area contributed by atoms with E-state index < -0.39 is 0 Å². The van der Waals surface area contributed by atoms with Gasteiger partial charge in [0.1, 0.15) is 17.1 Å². The molecule has 0 spiro atoms. The number of ether oxygens (including phenoxy) is 2. The van der Waals surface area contributed by atoms with Gasteiger partial charge in [-0.15, -0.1) is 0 Å². The first kappa shape index (κ1) is 13.2. The van der Waals surface area contributed by atoms with Gasteiger partial charge in [-0.25, -0.2) is 4.98 Å². The lowest BCUT2D eigenvalue weighted by molar-refractivity contribution is 0.112. The van der Waals surface area contributed by atoms with Crippen molar-refractivity contribution in [1.29, 1.82) is 0 Å². The number of H-pyrrole nitrogens is 1. The van der Waals surface area contributed by atoms with Gasteiger partial charge in [0.15, 0.2) is 6.29 Å². The summed E-state index contributed by atoms with van der Waals surface area (Å²) in [5.41, 5.74) is 3.14. The number of aromatic nitrogens is 2. The number of carbonyl (C=O) groups excluding carboxylic acids is 1. The average Bonchev–Trinajstić information content (AvgIpc) is 2.96. The number of aldehydes is 1. The number of nitrogens with one attached hydrogen (secondary N) is 1. The highest BCUT2D eigenvalue weighted by molar-refractivity contribution is 5.86. The molecule has 0 aliphatic carbocycles. The molecule has 3 rings (SSSR count). The van der Waals surface area contributed by atoms with Crippen LogP contribution in [-0.4, -0.2) is 30.5 Å². The fourth-order valence-electron chi connectivity index (χ4n) is 2.24. The molecule has 0 saturated carbocycles. The fraction of sp³-hybridized carbons (Fsp3) is 0.125. The van der Waals surface area contributed by atoms with Crippen LogP contribution >= 0.6 is 0 Å². The zero-order valence-electron chi connectivity index (χ0n) is 11.7. The highest BCUT2D eigenvalue weighted by atomic mass is 16.5. The van der Waals surface area contributed by atoms with E-state index in [0.717, 1.165) is 28.6 Å². The van der Waals surface area contributed by atoms with Crippen molar-refractivity contribution in [3.05, 3.63) is 42.1 Å². The Hall–Kier alpha value is -2.82. The average molecular weight is 282 g/mol. The quantitative estimate of drug-likeness (QED) is 0.747. The van der Waals surface area contributed by atoms with Gasteiger partial charge >= 0.3 is 0 Å². The summed E-state index contributed by atoms with van der Waals surface area (Å²) in [5, 5.41) is 0.961. The zero-order chi connectivity index (χ0) is 14.8. The molecule has 1 N–H and O–H groups in total. The number of carbonyl (C=O) groups is 1. The van der Waals surface area contributed by atoms with Gasteiger partial charge < -0.3 is 14.5 Å². The van der Waals surface area contributed by atoms with E-state index in [2.05, 4.69) is 9.97 Å². The van der Waals surface area contributed by atoms with Crippen LogP contribution in [-0.2, 0) is 0 Å². The van der Waals surface area contributed by atoms with Gasteiger partial charge in [0.2, 0.25) is 0 Å². The molecule has 1 aromatic carbocycles. The molecule has 0 atom stereocenters. The van der Waals surface area contributed by atoms with E-state index in [-0.39, 0.29) is 0 Å². The largest absolute Gasteiger partial charge is 0.496 e. The van der Waals surface area contributed by atoms with Gasteiger partial charge in [-0.05, 0) is 24.3 Å². The Balaban J connectivity index is 2.09. The van der Waals surface area contributed by atoms with Crippen molar-refractivity contribution >= 4 is 17.3 Å². The van der Waals surface area contributed by atoms with Crippen LogP contribution in [0.4, 0.5) is 0 Å². The smallest absolute Gasteiger partial charge is 0.153 e. The Morgan fingerprint density at radius 1 is 1.14 bits per heavy atom. The van der Waals surface area contributed by atoms with Crippen LogP contribution in [0.25, 0.3) is 22.3 Å². The number of pyridine rings is 1. The first-order valence-electron chi connectivity index (χ1n) is 6.41. The van der Waals surface area contributed by atoms with E-state index in [4.69, 9.17) is 9.47 Å². The second kappa shape index (κ2) is 5.28. The SMILES string of the molecule is COc1cnc2[nH]c(-c3ccc(C=O)c(OC)c3)cc2c1. The second-order valence-corrected chi connectivity index (χ2v) is 4.57. The van der Waals surface area contributed by atoms with Crippen LogP contribution in [0.15, 0.2) is 36.5 Å². The third-order valence-corrected chi connectivity index (χ3v) is 3.35. The van der Waals surface area contributed by atoms with E-state index in [9.17, 15) is 4.79 Å². The zero-order valence-corrected chi connectivity index (χ0v) is 11.7. The van der Waals surface area contributed by atoms with Crippen LogP contribution in [0.2, 0.25) is 0 Å². The number of benzene rings is 1. The lowest BCUT2D eigenvalue weighted by Gasteiger charge is -2.05. The molecule has 21 heavy (non-hydrogen) atoms. The van der Waals surface area contributed by atoms with Gasteiger partial charge in [-0.2, -0.15) is 0 Å². The monoisotopic (exact) mass is 282 g/mol. The highest BCUT2D eigenvalue weighted by Crippen LogP contribution is 2.29. The fourth-order valence-corrected chi connectivity index (χ4v) is 2.24. The Kier molecular flexibility index (Phi) is 3.31. The molecule has 0 fully saturated rings. The lowest BCUT2D eigenvalue weighted by Crippen LogP contribution is -1.91. The van der Waals surface area contributed by atoms with Crippen molar-refractivity contribution in [1.82, 2.24) is 9.97 Å². The topological polar surface area (TPSA) is 64.2 Å². The molecule has 5 nitrogen and oxygen atoms in total. The van der Waals surface area contributed by atoms with E-state index in [0.29, 0.717) is 17.1 Å². The third-order valence-electron chi connectivity index (χ3n) is 3.35. The van der Waals surface area contributed by atoms with Gasteiger partial charge in [-0.1, -0.05) is 6.07 Å². The van der Waals surface area contributed by atoms with Crippen molar-refractivity contribution in [2.45, 2.75) is 0 Å². The summed E-state index contributed by atoms with van der Waals surface area (Å²) < 4.78 is 10.4. The standard InChI is InChI=1S/C16H14N2O3/c1-20-13-5-12-6-14(18-16(12)17-8-13)10-3-4-11(9-19)15(7-10)21-2/h3-9H,1-2H3,(H,17,18). The Morgan fingerprint density at radius 2 is 2.00 bits per heavy atom. The van der Waals surface area contributed by atoms with Gasteiger partial charge in [0.05, 0.1) is 26.0 Å². The van der Waals surface area contributed by atoms with Crippen molar-refractivity contribution in [3.63, 3.8) is 0 Å². The maximum atomic E-state index is 10.9. The Morgan fingerprint density at radius 3 is 2.71 bits per heavy atom. The Bertz CT molecular complexity index is 808. The summed E-state index contributed by atoms with van der Waals surface area (Å²) in [4.78, 5) is 18.5. The minimum Gasteiger partial charge on any atom is -0.496 e. The minimum atomic E-state index is 0.525. The third kappa shape index (κ3) is 2.33. The second-order valence-electron chi connectivity index (χ2n) is 4.57. The molecule has 0 aliphatic heterocycles. The molecule has 2 aromatic heterocycles. The van der Waals surface area contributed by atoms with Crippen LogP contribution in [0.5, 0.6) is 11.5 Å². The van der Waals surface area contributed by atoms with Crippen molar-refractivity contribution in [2.75, 3.05) is 14.2 Å². The van der Waals surface area contributed by atoms with Crippen LogP contribution in [0.1, 0.15) is 10.4 Å².